The standard InChI is InChI=1S/C9H12BrFO7/c1-3(12)17-5-4(13)6(14)9(10,8(15)16-2)18-7(5)11/h4-7,13-14H,1-2H3. The molecule has 1 aliphatic heterocycles. The Balaban J connectivity index is 2.95. The smallest absolute Gasteiger partial charge is 0.352 e. The summed E-state index contributed by atoms with van der Waals surface area (Å²) in [6, 6.07) is 0. The van der Waals surface area contributed by atoms with E-state index < -0.39 is 41.1 Å². The zero-order chi connectivity index (χ0) is 14.1. The van der Waals surface area contributed by atoms with Crippen molar-refractivity contribution < 1.29 is 38.4 Å². The van der Waals surface area contributed by atoms with Gasteiger partial charge in [0, 0.05) is 6.92 Å². The lowest BCUT2D eigenvalue weighted by molar-refractivity contribution is -0.271. The van der Waals surface area contributed by atoms with Gasteiger partial charge < -0.3 is 24.4 Å². The first-order chi connectivity index (χ1) is 8.24. The molecule has 1 heterocycles. The summed E-state index contributed by atoms with van der Waals surface area (Å²) < 4.78 is 24.8. The number of aliphatic hydroxyl groups excluding tert-OH is 2. The molecule has 0 aromatic rings. The van der Waals surface area contributed by atoms with Crippen LogP contribution in [-0.4, -0.2) is 58.4 Å². The van der Waals surface area contributed by atoms with Crippen molar-refractivity contribution in [2.45, 2.75) is 36.1 Å². The van der Waals surface area contributed by atoms with Gasteiger partial charge in [0.15, 0.2) is 6.10 Å². The molecule has 0 bridgehead atoms. The molecule has 0 radical (unpaired) electrons. The molecule has 18 heavy (non-hydrogen) atoms. The second-order valence-electron chi connectivity index (χ2n) is 3.62. The van der Waals surface area contributed by atoms with Crippen molar-refractivity contribution in [3.8, 4) is 0 Å². The van der Waals surface area contributed by atoms with Crippen LogP contribution in [0.3, 0.4) is 0 Å². The van der Waals surface area contributed by atoms with E-state index in [1.54, 1.807) is 0 Å². The van der Waals surface area contributed by atoms with E-state index in [0.717, 1.165) is 14.0 Å². The molecule has 2 N–H and O–H groups in total. The zero-order valence-corrected chi connectivity index (χ0v) is 11.1. The number of carbonyl (C=O) groups excluding carboxylic acids is 2. The van der Waals surface area contributed by atoms with Crippen molar-refractivity contribution in [1.29, 1.82) is 0 Å². The van der Waals surface area contributed by atoms with E-state index in [0.29, 0.717) is 0 Å². The summed E-state index contributed by atoms with van der Waals surface area (Å²) in [7, 11) is 0.999. The Labute approximate surface area is 110 Å². The van der Waals surface area contributed by atoms with E-state index in [4.69, 9.17) is 0 Å². The number of halogens is 2. The minimum atomic E-state index is -2.30. The highest BCUT2D eigenvalue weighted by atomic mass is 79.9. The third kappa shape index (κ3) is 2.63. The Hall–Kier alpha value is -0.770. The fraction of sp³-hybridized carbons (Fsp3) is 0.778. The van der Waals surface area contributed by atoms with Crippen molar-refractivity contribution in [1.82, 2.24) is 0 Å². The van der Waals surface area contributed by atoms with Crippen LogP contribution in [0.2, 0.25) is 0 Å². The number of aliphatic hydroxyl groups is 2. The van der Waals surface area contributed by atoms with Gasteiger partial charge in [-0.15, -0.1) is 0 Å². The van der Waals surface area contributed by atoms with Crippen LogP contribution in [-0.2, 0) is 23.8 Å². The lowest BCUT2D eigenvalue weighted by Gasteiger charge is -2.42. The van der Waals surface area contributed by atoms with Crippen LogP contribution in [0.25, 0.3) is 0 Å². The SMILES string of the molecule is COC(=O)C1(Br)OC(F)C(OC(C)=O)C(O)C1O. The topological polar surface area (TPSA) is 102 Å². The molecule has 0 aromatic carbocycles. The van der Waals surface area contributed by atoms with Gasteiger partial charge in [0.2, 0.25) is 6.36 Å². The van der Waals surface area contributed by atoms with Gasteiger partial charge in [-0.1, -0.05) is 0 Å². The highest BCUT2D eigenvalue weighted by Crippen LogP contribution is 2.37. The predicted octanol–water partition coefficient (Wildman–Crippen LogP) is -0.770. The van der Waals surface area contributed by atoms with Crippen molar-refractivity contribution >= 4 is 27.9 Å². The number of esters is 2. The number of hydrogen-bond donors (Lipinski definition) is 2. The summed E-state index contributed by atoms with van der Waals surface area (Å²) >= 11 is 2.67. The van der Waals surface area contributed by atoms with E-state index in [2.05, 4.69) is 30.1 Å². The van der Waals surface area contributed by atoms with E-state index in [-0.39, 0.29) is 0 Å². The molecule has 0 saturated carbocycles. The number of ether oxygens (including phenoxy) is 3. The summed E-state index contributed by atoms with van der Waals surface area (Å²) in [6.45, 7) is 1.00. The average molecular weight is 331 g/mol. The van der Waals surface area contributed by atoms with Crippen molar-refractivity contribution in [2.75, 3.05) is 7.11 Å². The molecule has 9 heteroatoms. The molecule has 1 aliphatic rings. The number of rotatable bonds is 2. The fourth-order valence-corrected chi connectivity index (χ4v) is 2.09. The predicted molar refractivity (Wildman–Crippen MR) is 57.2 cm³/mol. The third-order valence-corrected chi connectivity index (χ3v) is 3.33. The molecule has 7 nitrogen and oxygen atoms in total. The lowest BCUT2D eigenvalue weighted by atomic mass is 9.99. The normalized spacial score (nSPS) is 40.1. The van der Waals surface area contributed by atoms with Gasteiger partial charge in [0.1, 0.15) is 12.2 Å². The molecule has 5 unspecified atom stereocenters. The molecule has 1 fully saturated rings. The van der Waals surface area contributed by atoms with Crippen molar-refractivity contribution in [3.05, 3.63) is 0 Å². The first kappa shape index (κ1) is 15.3. The number of hydrogen-bond acceptors (Lipinski definition) is 7. The molecule has 0 amide bonds. The van der Waals surface area contributed by atoms with E-state index in [1.165, 1.54) is 0 Å². The number of carbonyl (C=O) groups is 2. The van der Waals surface area contributed by atoms with Gasteiger partial charge in [-0.25, -0.2) is 9.18 Å². The van der Waals surface area contributed by atoms with Crippen molar-refractivity contribution in [3.63, 3.8) is 0 Å². The number of alkyl halides is 2. The summed E-state index contributed by atoms with van der Waals surface area (Å²) in [5, 5.41) is 19.4. The third-order valence-electron chi connectivity index (χ3n) is 2.35. The minimum absolute atomic E-state index is 0.863. The second-order valence-corrected chi connectivity index (χ2v) is 4.79. The van der Waals surface area contributed by atoms with Gasteiger partial charge >= 0.3 is 11.9 Å². The molecular weight excluding hydrogens is 319 g/mol. The summed E-state index contributed by atoms with van der Waals surface area (Å²) in [4.78, 5) is 22.1. The Morgan fingerprint density at radius 2 is 2.00 bits per heavy atom. The van der Waals surface area contributed by atoms with Gasteiger partial charge in [-0.2, -0.15) is 0 Å². The summed E-state index contributed by atoms with van der Waals surface area (Å²) in [5.41, 5.74) is 0. The molecule has 0 spiro atoms. The Morgan fingerprint density at radius 3 is 2.44 bits per heavy atom. The molecule has 1 rings (SSSR count). The molecular formula is C9H12BrFO7. The second kappa shape index (κ2) is 5.47. The minimum Gasteiger partial charge on any atom is -0.466 e. The Morgan fingerprint density at radius 1 is 1.44 bits per heavy atom. The van der Waals surface area contributed by atoms with Gasteiger partial charge in [0.05, 0.1) is 7.11 Å². The molecule has 0 aliphatic carbocycles. The van der Waals surface area contributed by atoms with Gasteiger partial charge in [0.25, 0.3) is 4.51 Å². The first-order valence-corrected chi connectivity index (χ1v) is 5.66. The number of methoxy groups -OCH3 is 1. The van der Waals surface area contributed by atoms with E-state index in [1.807, 2.05) is 0 Å². The van der Waals surface area contributed by atoms with Crippen LogP contribution in [0, 0.1) is 0 Å². The lowest BCUT2D eigenvalue weighted by Crippen LogP contribution is -2.64. The molecule has 104 valence electrons. The molecule has 5 atom stereocenters. The highest BCUT2D eigenvalue weighted by Gasteiger charge is 2.59. The average Bonchev–Trinajstić information content (AvgIpc) is 2.30. The van der Waals surface area contributed by atoms with E-state index >= 15 is 0 Å². The summed E-state index contributed by atoms with van der Waals surface area (Å²) in [5.74, 6) is -1.99. The van der Waals surface area contributed by atoms with E-state index in [9.17, 15) is 24.2 Å². The molecule has 1 saturated heterocycles. The zero-order valence-electron chi connectivity index (χ0n) is 9.50. The Bertz CT molecular complexity index is 352. The molecule has 0 aromatic heterocycles. The Kier molecular flexibility index (Phi) is 4.65. The van der Waals surface area contributed by atoms with Crippen LogP contribution >= 0.6 is 15.9 Å². The largest absolute Gasteiger partial charge is 0.466 e. The fourth-order valence-electron chi connectivity index (χ4n) is 1.48. The van der Waals surface area contributed by atoms with Gasteiger partial charge in [-0.05, 0) is 15.9 Å². The highest BCUT2D eigenvalue weighted by molar-refractivity contribution is 9.10. The quantitative estimate of drug-likeness (QED) is 0.506. The first-order valence-electron chi connectivity index (χ1n) is 4.86. The maximum atomic E-state index is 13.6. The van der Waals surface area contributed by atoms with Crippen LogP contribution in [0.1, 0.15) is 6.92 Å². The maximum absolute atomic E-state index is 13.6. The van der Waals surface area contributed by atoms with Crippen molar-refractivity contribution in [2.24, 2.45) is 0 Å². The van der Waals surface area contributed by atoms with Crippen LogP contribution in [0.5, 0.6) is 0 Å². The van der Waals surface area contributed by atoms with Crippen LogP contribution in [0.4, 0.5) is 4.39 Å². The maximum Gasteiger partial charge on any atom is 0.352 e. The monoisotopic (exact) mass is 330 g/mol. The van der Waals surface area contributed by atoms with Gasteiger partial charge in [-0.3, -0.25) is 4.79 Å². The summed E-state index contributed by atoms with van der Waals surface area (Å²) in [6.07, 6.45) is -7.75. The van der Waals surface area contributed by atoms with Crippen LogP contribution < -0.4 is 0 Å². The van der Waals surface area contributed by atoms with Crippen LogP contribution in [0.15, 0.2) is 0 Å².